The Kier molecular flexibility index (Phi) is 3.09. The lowest BCUT2D eigenvalue weighted by Gasteiger charge is -2.04. The van der Waals surface area contributed by atoms with Crippen LogP contribution in [-0.4, -0.2) is 17.1 Å². The molecule has 2 aromatic rings. The van der Waals surface area contributed by atoms with E-state index >= 15 is 0 Å². The summed E-state index contributed by atoms with van der Waals surface area (Å²) in [6.07, 6.45) is 2.30. The normalized spacial score (nSPS) is 10.2. The maximum atomic E-state index is 5.60. The zero-order chi connectivity index (χ0) is 12.3. The van der Waals surface area contributed by atoms with Crippen LogP contribution in [0.4, 0.5) is 11.6 Å². The first-order valence-corrected chi connectivity index (χ1v) is 5.19. The van der Waals surface area contributed by atoms with Crippen LogP contribution in [0, 0.1) is 0 Å². The maximum absolute atomic E-state index is 5.60. The zero-order valence-electron chi connectivity index (χ0n) is 9.55. The molecule has 17 heavy (non-hydrogen) atoms. The Bertz CT molecular complexity index is 510. The molecule has 0 spiro atoms. The molecule has 88 valence electrons. The third kappa shape index (κ3) is 2.63. The summed E-state index contributed by atoms with van der Waals surface area (Å²) < 4.78 is 5.09. The van der Waals surface area contributed by atoms with Crippen LogP contribution >= 0.6 is 0 Å². The number of nitrogens with zero attached hydrogens (tertiary/aromatic N) is 2. The Balaban J connectivity index is 2.16. The lowest BCUT2D eigenvalue weighted by Crippen LogP contribution is -2.03. The lowest BCUT2D eigenvalue weighted by molar-refractivity contribution is 0.414. The highest BCUT2D eigenvalue weighted by atomic mass is 16.5. The van der Waals surface area contributed by atoms with Gasteiger partial charge >= 0.3 is 0 Å². The molecule has 4 N–H and O–H groups in total. The summed E-state index contributed by atoms with van der Waals surface area (Å²) in [5, 5.41) is 0. The van der Waals surface area contributed by atoms with Crippen molar-refractivity contribution < 1.29 is 4.74 Å². The van der Waals surface area contributed by atoms with Gasteiger partial charge in [0.05, 0.1) is 19.0 Å². The quantitative estimate of drug-likeness (QED) is 0.828. The van der Waals surface area contributed by atoms with Crippen molar-refractivity contribution in [3.05, 3.63) is 41.7 Å². The summed E-state index contributed by atoms with van der Waals surface area (Å²) in [5.74, 6) is 1.37. The van der Waals surface area contributed by atoms with Crippen LogP contribution in [0.5, 0.6) is 5.75 Å². The average Bonchev–Trinajstić information content (AvgIpc) is 2.35. The summed E-state index contributed by atoms with van der Waals surface area (Å²) >= 11 is 0. The van der Waals surface area contributed by atoms with Crippen molar-refractivity contribution in [2.24, 2.45) is 0 Å². The molecule has 5 nitrogen and oxygen atoms in total. The van der Waals surface area contributed by atoms with Gasteiger partial charge in [-0.25, -0.2) is 9.97 Å². The Hall–Kier alpha value is -2.30. The van der Waals surface area contributed by atoms with Crippen molar-refractivity contribution >= 4 is 11.6 Å². The van der Waals surface area contributed by atoms with Crippen LogP contribution in [-0.2, 0) is 6.42 Å². The van der Waals surface area contributed by atoms with Crippen LogP contribution in [0.1, 0.15) is 11.3 Å². The predicted octanol–water partition coefficient (Wildman–Crippen LogP) is 1.24. The summed E-state index contributed by atoms with van der Waals surface area (Å²) in [7, 11) is 1.64. The molecule has 0 radical (unpaired) electrons. The van der Waals surface area contributed by atoms with Crippen molar-refractivity contribution in [2.75, 3.05) is 18.6 Å². The van der Waals surface area contributed by atoms with Gasteiger partial charge in [-0.15, -0.1) is 0 Å². The minimum absolute atomic E-state index is 0.267. The minimum atomic E-state index is 0.267. The highest BCUT2D eigenvalue weighted by Gasteiger charge is 2.02. The molecule has 1 aromatic heterocycles. The number of anilines is 2. The number of nitrogen functional groups attached to an aromatic ring is 2. The Morgan fingerprint density at radius 3 is 2.41 bits per heavy atom. The third-order valence-electron chi connectivity index (χ3n) is 2.42. The lowest BCUT2D eigenvalue weighted by atomic mass is 10.1. The zero-order valence-corrected chi connectivity index (χ0v) is 9.55. The van der Waals surface area contributed by atoms with Gasteiger partial charge in [-0.05, 0) is 17.7 Å². The van der Waals surface area contributed by atoms with E-state index in [0.717, 1.165) is 17.0 Å². The van der Waals surface area contributed by atoms with Crippen molar-refractivity contribution in [1.29, 1.82) is 0 Å². The molecule has 1 heterocycles. The topological polar surface area (TPSA) is 87.0 Å². The average molecular weight is 230 g/mol. The Morgan fingerprint density at radius 1 is 1.12 bits per heavy atom. The first-order chi connectivity index (χ1) is 8.19. The fourth-order valence-electron chi connectivity index (χ4n) is 1.49. The van der Waals surface area contributed by atoms with E-state index in [1.807, 2.05) is 24.3 Å². The largest absolute Gasteiger partial charge is 0.497 e. The molecule has 0 bridgehead atoms. The maximum Gasteiger partial charge on any atom is 0.166 e. The van der Waals surface area contributed by atoms with Gasteiger partial charge < -0.3 is 16.2 Å². The second-order valence-electron chi connectivity index (χ2n) is 3.66. The molecule has 0 amide bonds. The van der Waals surface area contributed by atoms with E-state index in [1.54, 1.807) is 13.3 Å². The summed E-state index contributed by atoms with van der Waals surface area (Å²) in [5.41, 5.74) is 13.0. The van der Waals surface area contributed by atoms with Crippen molar-refractivity contribution in [1.82, 2.24) is 9.97 Å². The third-order valence-corrected chi connectivity index (χ3v) is 2.42. The smallest absolute Gasteiger partial charge is 0.166 e. The van der Waals surface area contributed by atoms with Gasteiger partial charge in [0.25, 0.3) is 0 Å². The van der Waals surface area contributed by atoms with Crippen LogP contribution in [0.25, 0.3) is 0 Å². The van der Waals surface area contributed by atoms with Crippen molar-refractivity contribution in [3.63, 3.8) is 0 Å². The van der Waals surface area contributed by atoms with Gasteiger partial charge in [0.1, 0.15) is 5.75 Å². The fraction of sp³-hybridized carbons (Fsp3) is 0.167. The van der Waals surface area contributed by atoms with Gasteiger partial charge in [-0.2, -0.15) is 0 Å². The highest BCUT2D eigenvalue weighted by Crippen LogP contribution is 2.15. The standard InChI is InChI=1S/C12H14N4O/c1-17-10-4-2-8(3-5-10)6-9-7-15-11(13)12(14)16-9/h2-5,7H,6H2,1H3,(H2,13,15)(H2,14,16). The molecule has 0 aliphatic heterocycles. The number of hydrogen-bond acceptors (Lipinski definition) is 5. The molecule has 0 saturated carbocycles. The highest BCUT2D eigenvalue weighted by molar-refractivity contribution is 5.51. The molecule has 0 fully saturated rings. The van der Waals surface area contributed by atoms with E-state index in [2.05, 4.69) is 9.97 Å². The molecule has 2 rings (SSSR count). The fourth-order valence-corrected chi connectivity index (χ4v) is 1.49. The van der Waals surface area contributed by atoms with Crippen LogP contribution in [0.3, 0.4) is 0 Å². The monoisotopic (exact) mass is 230 g/mol. The van der Waals surface area contributed by atoms with E-state index in [0.29, 0.717) is 6.42 Å². The van der Waals surface area contributed by atoms with Gasteiger partial charge in [0.2, 0.25) is 0 Å². The Morgan fingerprint density at radius 2 is 1.82 bits per heavy atom. The summed E-state index contributed by atoms with van der Waals surface area (Å²) in [6.45, 7) is 0. The number of methoxy groups -OCH3 is 1. The SMILES string of the molecule is COc1ccc(Cc2cnc(N)c(N)n2)cc1. The minimum Gasteiger partial charge on any atom is -0.497 e. The second-order valence-corrected chi connectivity index (χ2v) is 3.66. The molecule has 1 aromatic carbocycles. The number of rotatable bonds is 3. The van der Waals surface area contributed by atoms with E-state index < -0.39 is 0 Å². The van der Waals surface area contributed by atoms with E-state index in [4.69, 9.17) is 16.2 Å². The van der Waals surface area contributed by atoms with Gasteiger partial charge in [-0.1, -0.05) is 12.1 Å². The number of ether oxygens (including phenoxy) is 1. The van der Waals surface area contributed by atoms with E-state index in [9.17, 15) is 0 Å². The van der Waals surface area contributed by atoms with Crippen molar-refractivity contribution in [3.8, 4) is 5.75 Å². The van der Waals surface area contributed by atoms with Crippen LogP contribution in [0.2, 0.25) is 0 Å². The molecule has 0 atom stereocenters. The molecular weight excluding hydrogens is 216 g/mol. The summed E-state index contributed by atoms with van der Waals surface area (Å²) in [6, 6.07) is 7.77. The number of hydrogen-bond donors (Lipinski definition) is 2. The molecule has 5 heteroatoms. The van der Waals surface area contributed by atoms with Gasteiger partial charge in [0, 0.05) is 6.42 Å². The second kappa shape index (κ2) is 4.69. The molecule has 0 aliphatic rings. The molecular formula is C12H14N4O. The van der Waals surface area contributed by atoms with E-state index in [1.165, 1.54) is 0 Å². The van der Waals surface area contributed by atoms with Crippen LogP contribution < -0.4 is 16.2 Å². The number of nitrogens with two attached hydrogens (primary N) is 2. The van der Waals surface area contributed by atoms with Gasteiger partial charge in [-0.3, -0.25) is 0 Å². The van der Waals surface area contributed by atoms with Crippen molar-refractivity contribution in [2.45, 2.75) is 6.42 Å². The molecule has 0 saturated heterocycles. The number of benzene rings is 1. The predicted molar refractivity (Wildman–Crippen MR) is 66.7 cm³/mol. The first-order valence-electron chi connectivity index (χ1n) is 5.19. The molecule has 0 aliphatic carbocycles. The van der Waals surface area contributed by atoms with E-state index in [-0.39, 0.29) is 11.6 Å². The van der Waals surface area contributed by atoms with Crippen LogP contribution in [0.15, 0.2) is 30.5 Å². The van der Waals surface area contributed by atoms with Gasteiger partial charge in [0.15, 0.2) is 11.6 Å². The number of aromatic nitrogens is 2. The summed E-state index contributed by atoms with van der Waals surface area (Å²) in [4.78, 5) is 8.14. The first kappa shape index (κ1) is 11.2. The molecule has 0 unspecified atom stereocenters. The Labute approximate surface area is 99.5 Å².